The van der Waals surface area contributed by atoms with Gasteiger partial charge >= 0.3 is 5.97 Å². The zero-order valence-electron chi connectivity index (χ0n) is 18.3. The molecule has 0 bridgehead atoms. The molecular formula is C25H32O4Si. The third kappa shape index (κ3) is 3.86. The second-order valence-corrected chi connectivity index (χ2v) is 13.9. The maximum Gasteiger partial charge on any atom is 0.309 e. The fourth-order valence-electron chi connectivity index (χ4n) is 4.93. The van der Waals surface area contributed by atoms with E-state index in [2.05, 4.69) is 81.4 Å². The molecule has 4 atom stereocenters. The Morgan fingerprint density at radius 1 is 0.933 bits per heavy atom. The third-order valence-electron chi connectivity index (χ3n) is 6.44. The number of carbonyl (C=O) groups is 1. The number of benzene rings is 2. The minimum absolute atomic E-state index is 0.00884. The van der Waals surface area contributed by atoms with Crippen LogP contribution in [0.5, 0.6) is 0 Å². The molecule has 0 aromatic heterocycles. The first-order valence-electron chi connectivity index (χ1n) is 10.9. The van der Waals surface area contributed by atoms with E-state index in [-0.39, 0.29) is 35.2 Å². The average molecular weight is 425 g/mol. The summed E-state index contributed by atoms with van der Waals surface area (Å²) in [7, 11) is -2.58. The van der Waals surface area contributed by atoms with Crippen LogP contribution < -0.4 is 10.4 Å². The molecule has 5 heteroatoms. The molecule has 4 rings (SSSR count). The molecule has 0 unspecified atom stereocenters. The van der Waals surface area contributed by atoms with Gasteiger partial charge in [-0.3, -0.25) is 4.79 Å². The second kappa shape index (κ2) is 8.29. The van der Waals surface area contributed by atoms with Gasteiger partial charge in [-0.05, 0) is 21.8 Å². The summed E-state index contributed by atoms with van der Waals surface area (Å²) in [5, 5.41) is 2.46. The lowest BCUT2D eigenvalue weighted by Gasteiger charge is -2.43. The number of hydrogen-bond donors (Lipinski definition) is 0. The lowest BCUT2D eigenvalue weighted by molar-refractivity contribution is -0.166. The van der Waals surface area contributed by atoms with Crippen molar-refractivity contribution in [1.29, 1.82) is 0 Å². The Hall–Kier alpha value is -1.95. The van der Waals surface area contributed by atoms with Crippen LogP contribution in [-0.4, -0.2) is 39.2 Å². The van der Waals surface area contributed by atoms with E-state index in [0.29, 0.717) is 13.0 Å². The molecule has 4 nitrogen and oxygen atoms in total. The first-order chi connectivity index (χ1) is 14.3. The van der Waals surface area contributed by atoms with Gasteiger partial charge < -0.3 is 13.9 Å². The molecule has 0 amide bonds. The van der Waals surface area contributed by atoms with Crippen LogP contribution in [0.3, 0.4) is 0 Å². The van der Waals surface area contributed by atoms with E-state index in [1.807, 2.05) is 6.92 Å². The lowest BCUT2D eigenvalue weighted by Crippen LogP contribution is -2.67. The van der Waals surface area contributed by atoms with Gasteiger partial charge in [-0.25, -0.2) is 0 Å². The van der Waals surface area contributed by atoms with Gasteiger partial charge in [0.05, 0.1) is 24.7 Å². The van der Waals surface area contributed by atoms with E-state index in [1.54, 1.807) is 0 Å². The highest BCUT2D eigenvalue weighted by molar-refractivity contribution is 6.99. The minimum Gasteiger partial charge on any atom is -0.459 e. The molecule has 30 heavy (non-hydrogen) atoms. The fourth-order valence-corrected chi connectivity index (χ4v) is 9.52. The van der Waals surface area contributed by atoms with Crippen LogP contribution in [0.25, 0.3) is 0 Å². The van der Waals surface area contributed by atoms with Gasteiger partial charge in [0.15, 0.2) is 0 Å². The number of carbonyl (C=O) groups excluding carboxylic acids is 1. The van der Waals surface area contributed by atoms with E-state index in [1.165, 1.54) is 10.4 Å². The van der Waals surface area contributed by atoms with Crippen LogP contribution >= 0.6 is 0 Å². The topological polar surface area (TPSA) is 44.8 Å². The molecule has 160 valence electrons. The SMILES string of the molecule is C[C@H]1C[C@@H]2O[C@H](CO[Si](c3ccccc3)(c3ccccc3)C(C)(C)C)C[C@@H]2OC1=O. The molecule has 0 saturated carbocycles. The highest BCUT2D eigenvalue weighted by atomic mass is 28.4. The van der Waals surface area contributed by atoms with Crippen molar-refractivity contribution >= 4 is 24.7 Å². The van der Waals surface area contributed by atoms with Gasteiger partial charge in [-0.2, -0.15) is 0 Å². The van der Waals surface area contributed by atoms with Crippen molar-refractivity contribution in [2.75, 3.05) is 6.61 Å². The molecule has 0 radical (unpaired) electrons. The molecule has 2 aliphatic heterocycles. The summed E-state index contributed by atoms with van der Waals surface area (Å²) in [6, 6.07) is 21.3. The van der Waals surface area contributed by atoms with Crippen molar-refractivity contribution in [2.24, 2.45) is 5.92 Å². The summed E-state index contributed by atoms with van der Waals surface area (Å²) in [4.78, 5) is 12.0. The first-order valence-corrected chi connectivity index (χ1v) is 12.8. The Bertz CT molecular complexity index is 822. The number of rotatable bonds is 5. The van der Waals surface area contributed by atoms with Crippen molar-refractivity contribution in [3.8, 4) is 0 Å². The predicted molar refractivity (Wildman–Crippen MR) is 121 cm³/mol. The molecule has 2 aromatic carbocycles. The lowest BCUT2D eigenvalue weighted by atomic mass is 9.96. The van der Waals surface area contributed by atoms with E-state index >= 15 is 0 Å². The number of fused-ring (bicyclic) bond motifs is 1. The minimum atomic E-state index is -2.58. The van der Waals surface area contributed by atoms with Crippen molar-refractivity contribution in [2.45, 2.75) is 63.9 Å². The van der Waals surface area contributed by atoms with Gasteiger partial charge in [-0.1, -0.05) is 88.4 Å². The van der Waals surface area contributed by atoms with E-state index in [4.69, 9.17) is 13.9 Å². The quantitative estimate of drug-likeness (QED) is 0.543. The van der Waals surface area contributed by atoms with E-state index < -0.39 is 8.32 Å². The number of esters is 1. The highest BCUT2D eigenvalue weighted by Crippen LogP contribution is 2.38. The van der Waals surface area contributed by atoms with Crippen molar-refractivity contribution in [3.63, 3.8) is 0 Å². The van der Waals surface area contributed by atoms with Crippen LogP contribution in [0.1, 0.15) is 40.5 Å². The Morgan fingerprint density at radius 3 is 2.03 bits per heavy atom. The van der Waals surface area contributed by atoms with Crippen molar-refractivity contribution in [3.05, 3.63) is 60.7 Å². The van der Waals surface area contributed by atoms with Crippen molar-refractivity contribution in [1.82, 2.24) is 0 Å². The van der Waals surface area contributed by atoms with Gasteiger partial charge in [-0.15, -0.1) is 0 Å². The Balaban J connectivity index is 1.62. The van der Waals surface area contributed by atoms with Crippen LogP contribution in [0.4, 0.5) is 0 Å². The zero-order chi connectivity index (χ0) is 21.4. The summed E-state index contributed by atoms with van der Waals surface area (Å²) < 4.78 is 18.9. The standard InChI is InChI=1S/C25H32O4Si/c1-18-15-22-23(29-24(18)26)16-19(28-22)17-27-30(25(2,3)4,20-11-7-5-8-12-20)21-13-9-6-10-14-21/h5-14,18-19,22-23H,15-17H2,1-4H3/t18-,19-,22-,23-/m0/s1. The maximum atomic E-state index is 12.0. The van der Waals surface area contributed by atoms with E-state index in [9.17, 15) is 4.79 Å². The molecule has 2 aromatic rings. The first kappa shape index (κ1) is 21.3. The summed E-state index contributed by atoms with van der Waals surface area (Å²) in [5.74, 6) is -0.198. The fraction of sp³-hybridized carbons (Fsp3) is 0.480. The molecule has 0 aliphatic carbocycles. The molecule has 2 saturated heterocycles. The largest absolute Gasteiger partial charge is 0.459 e. The molecule has 2 heterocycles. The summed E-state index contributed by atoms with van der Waals surface area (Å²) >= 11 is 0. The van der Waals surface area contributed by atoms with Crippen LogP contribution in [-0.2, 0) is 18.7 Å². The van der Waals surface area contributed by atoms with Crippen LogP contribution in [0.15, 0.2) is 60.7 Å². The molecule has 0 spiro atoms. The Kier molecular flexibility index (Phi) is 5.88. The van der Waals surface area contributed by atoms with Crippen LogP contribution in [0.2, 0.25) is 5.04 Å². The summed E-state index contributed by atoms with van der Waals surface area (Å²) in [6.07, 6.45) is 1.24. The average Bonchev–Trinajstić information content (AvgIpc) is 3.11. The molecule has 2 aliphatic rings. The Labute approximate surface area is 180 Å². The van der Waals surface area contributed by atoms with Crippen molar-refractivity contribution < 1.29 is 18.7 Å². The normalized spacial score (nSPS) is 26.9. The van der Waals surface area contributed by atoms with Gasteiger partial charge in [0.25, 0.3) is 8.32 Å². The molecular weight excluding hydrogens is 392 g/mol. The zero-order valence-corrected chi connectivity index (χ0v) is 19.3. The van der Waals surface area contributed by atoms with Gasteiger partial charge in [0.2, 0.25) is 0 Å². The van der Waals surface area contributed by atoms with Gasteiger partial charge in [0.1, 0.15) is 6.10 Å². The van der Waals surface area contributed by atoms with Gasteiger partial charge in [0, 0.05) is 6.42 Å². The monoisotopic (exact) mass is 424 g/mol. The summed E-state index contributed by atoms with van der Waals surface area (Å²) in [6.45, 7) is 9.24. The number of hydrogen-bond acceptors (Lipinski definition) is 4. The highest BCUT2D eigenvalue weighted by Gasteiger charge is 2.51. The third-order valence-corrected chi connectivity index (χ3v) is 11.4. The number of ether oxygens (including phenoxy) is 2. The Morgan fingerprint density at radius 2 is 1.50 bits per heavy atom. The predicted octanol–water partition coefficient (Wildman–Crippen LogP) is 3.67. The molecule has 2 fully saturated rings. The smallest absolute Gasteiger partial charge is 0.309 e. The summed E-state index contributed by atoms with van der Waals surface area (Å²) in [5.41, 5.74) is 0. The van der Waals surface area contributed by atoms with Crippen LogP contribution in [0, 0.1) is 5.92 Å². The maximum absolute atomic E-state index is 12.0. The second-order valence-electron chi connectivity index (χ2n) is 9.62. The molecule has 0 N–H and O–H groups in total. The van der Waals surface area contributed by atoms with E-state index in [0.717, 1.165) is 6.42 Å².